The van der Waals surface area contributed by atoms with Gasteiger partial charge in [-0.1, -0.05) is 0 Å². The van der Waals surface area contributed by atoms with Crippen molar-refractivity contribution in [2.75, 3.05) is 0 Å². The molecule has 0 aliphatic carbocycles. The van der Waals surface area contributed by atoms with Gasteiger partial charge in [0, 0.05) is 0 Å². The van der Waals surface area contributed by atoms with E-state index in [-0.39, 0.29) is 0 Å². The molecule has 0 bridgehead atoms. The quantitative estimate of drug-likeness (QED) is 0.245. The van der Waals surface area contributed by atoms with Crippen LogP contribution < -0.4 is 5.63 Å². The van der Waals surface area contributed by atoms with E-state index in [4.69, 9.17) is 5.63 Å². The van der Waals surface area contributed by atoms with Crippen molar-refractivity contribution in [3.63, 3.8) is 0 Å². The van der Waals surface area contributed by atoms with E-state index in [0.717, 1.165) is 29.4 Å². The standard InChI is InChI=1S/C6H2Br4O2.Bi/c7-1-2(8)4(10)6(12)5(11)3(1)9;/h11-12H;/q;+2/p-2. The zero-order chi connectivity index (χ0) is 9.59. The molecular formula is C6BiBr4O2. The topological polar surface area (TPSA) is 18.5 Å². The molecule has 1 radical (unpaired) electrons. The third kappa shape index (κ3) is 1.84. The first-order chi connectivity index (χ1) is 6.13. The molecule has 2 rings (SSSR count). The average molecular weight is 633 g/mol. The van der Waals surface area contributed by atoms with Gasteiger partial charge in [0.1, 0.15) is 0 Å². The van der Waals surface area contributed by atoms with Crippen LogP contribution >= 0.6 is 63.7 Å². The Labute approximate surface area is 121 Å². The van der Waals surface area contributed by atoms with Gasteiger partial charge in [-0.15, -0.1) is 0 Å². The van der Waals surface area contributed by atoms with E-state index >= 15 is 0 Å². The molecule has 0 atom stereocenters. The zero-order valence-electron chi connectivity index (χ0n) is 5.78. The average Bonchev–Trinajstić information content (AvgIpc) is 2.59. The summed E-state index contributed by atoms with van der Waals surface area (Å²) in [6, 6.07) is 0. The maximum atomic E-state index is 5.48. The number of fused-ring (bicyclic) bond motifs is 1. The first kappa shape index (κ1) is 11.1. The van der Waals surface area contributed by atoms with Crippen LogP contribution in [0.3, 0.4) is 0 Å². The van der Waals surface area contributed by atoms with Gasteiger partial charge in [-0.05, 0) is 0 Å². The van der Waals surface area contributed by atoms with Crippen LogP contribution in [-0.2, 0) is 0 Å². The van der Waals surface area contributed by atoms with Gasteiger partial charge in [-0.3, -0.25) is 0 Å². The van der Waals surface area contributed by atoms with Crippen LogP contribution in [0.4, 0.5) is 0 Å². The van der Waals surface area contributed by atoms with E-state index in [1.165, 1.54) is 0 Å². The molecule has 1 aliphatic heterocycles. The van der Waals surface area contributed by atoms with E-state index in [1.54, 1.807) is 0 Å². The first-order valence-electron chi connectivity index (χ1n) is 3.03. The third-order valence-electron chi connectivity index (χ3n) is 1.44. The summed E-state index contributed by atoms with van der Waals surface area (Å²) in [4.78, 5) is 0. The van der Waals surface area contributed by atoms with Gasteiger partial charge >= 0.3 is 123 Å². The number of hydrogen-bond acceptors (Lipinski definition) is 2. The molecule has 0 aromatic heterocycles. The Kier molecular flexibility index (Phi) is 3.63. The summed E-state index contributed by atoms with van der Waals surface area (Å²) >= 11 is 12.5. The SMILES string of the molecule is Brc1c(Br)c(Br)c2c(c1Br)[O][Bi][O]2. The Morgan fingerprint density at radius 2 is 1.08 bits per heavy atom. The molecule has 1 heterocycles. The van der Waals surface area contributed by atoms with Crippen LogP contribution in [0.5, 0.6) is 11.5 Å². The Balaban J connectivity index is 2.77. The van der Waals surface area contributed by atoms with Crippen LogP contribution in [0.25, 0.3) is 0 Å². The summed E-state index contributed by atoms with van der Waals surface area (Å²) in [7, 11) is 0. The molecule has 0 amide bonds. The van der Waals surface area contributed by atoms with Crippen molar-refractivity contribution in [1.29, 1.82) is 0 Å². The molecule has 0 saturated heterocycles. The monoisotopic (exact) mass is 629 g/mol. The van der Waals surface area contributed by atoms with Crippen LogP contribution in [0, 0.1) is 0 Å². The Morgan fingerprint density at radius 3 is 1.46 bits per heavy atom. The Morgan fingerprint density at radius 1 is 0.692 bits per heavy atom. The number of benzene rings is 1. The van der Waals surface area contributed by atoms with Gasteiger partial charge in [-0.2, -0.15) is 0 Å². The fourth-order valence-corrected chi connectivity index (χ4v) is 6.16. The predicted octanol–water partition coefficient (Wildman–Crippen LogP) is 4.04. The minimum atomic E-state index is -1.23. The molecule has 1 aromatic rings. The van der Waals surface area contributed by atoms with E-state index < -0.39 is 24.1 Å². The van der Waals surface area contributed by atoms with Gasteiger partial charge in [0.2, 0.25) is 0 Å². The van der Waals surface area contributed by atoms with Crippen molar-refractivity contribution in [2.24, 2.45) is 0 Å². The summed E-state index contributed by atoms with van der Waals surface area (Å²) in [5.41, 5.74) is 0. The second kappa shape index (κ2) is 4.24. The molecule has 1 aliphatic rings. The van der Waals surface area contributed by atoms with Crippen molar-refractivity contribution in [1.82, 2.24) is 0 Å². The van der Waals surface area contributed by atoms with Gasteiger partial charge in [0.05, 0.1) is 0 Å². The molecule has 7 heteroatoms. The van der Waals surface area contributed by atoms with Crippen LogP contribution in [-0.4, -0.2) is 24.1 Å². The van der Waals surface area contributed by atoms with Crippen molar-refractivity contribution < 1.29 is 5.63 Å². The van der Waals surface area contributed by atoms with Crippen LogP contribution in [0.15, 0.2) is 17.9 Å². The fourth-order valence-electron chi connectivity index (χ4n) is 0.848. The van der Waals surface area contributed by atoms with Crippen molar-refractivity contribution >= 4 is 87.8 Å². The molecule has 0 fully saturated rings. The molecule has 2 nitrogen and oxygen atoms in total. The summed E-state index contributed by atoms with van der Waals surface area (Å²) in [6.07, 6.45) is 0. The number of halogens is 4. The van der Waals surface area contributed by atoms with Crippen LogP contribution in [0.2, 0.25) is 0 Å². The molecule has 13 heavy (non-hydrogen) atoms. The van der Waals surface area contributed by atoms with Crippen molar-refractivity contribution in [3.05, 3.63) is 17.9 Å². The number of hydrogen-bond donors (Lipinski definition) is 0. The predicted molar refractivity (Wildman–Crippen MR) is 64.3 cm³/mol. The number of rotatable bonds is 0. The molecule has 0 saturated carbocycles. The second-order valence-corrected chi connectivity index (χ2v) is 7.34. The molecular weight excluding hydrogens is 633 g/mol. The molecule has 1 aromatic carbocycles. The van der Waals surface area contributed by atoms with E-state index in [2.05, 4.69) is 63.7 Å². The third-order valence-corrected chi connectivity index (χ3v) is 8.13. The van der Waals surface area contributed by atoms with E-state index in [1.807, 2.05) is 0 Å². The first-order valence-corrected chi connectivity index (χ1v) is 9.04. The van der Waals surface area contributed by atoms with E-state index in [0.29, 0.717) is 0 Å². The molecule has 0 spiro atoms. The van der Waals surface area contributed by atoms with Crippen molar-refractivity contribution in [2.45, 2.75) is 0 Å². The molecule has 0 N–H and O–H groups in total. The minimum absolute atomic E-state index is 0.804. The maximum absolute atomic E-state index is 5.48. The summed E-state index contributed by atoms with van der Waals surface area (Å²) in [5.74, 6) is 1.61. The van der Waals surface area contributed by atoms with Gasteiger partial charge in [0.15, 0.2) is 0 Å². The van der Waals surface area contributed by atoms with Gasteiger partial charge in [-0.25, -0.2) is 0 Å². The summed E-state index contributed by atoms with van der Waals surface area (Å²) < 4.78 is 14.6. The zero-order valence-corrected chi connectivity index (χ0v) is 15.6. The van der Waals surface area contributed by atoms with Gasteiger partial charge < -0.3 is 0 Å². The Hall–Kier alpha value is 1.62. The fraction of sp³-hybridized carbons (Fsp3) is 0. The second-order valence-electron chi connectivity index (χ2n) is 2.17. The Bertz CT molecular complexity index is 347. The van der Waals surface area contributed by atoms with Gasteiger partial charge in [0.25, 0.3) is 0 Å². The molecule has 0 unspecified atom stereocenters. The summed E-state index contributed by atoms with van der Waals surface area (Å²) in [5, 5.41) is 0. The van der Waals surface area contributed by atoms with Crippen molar-refractivity contribution in [3.8, 4) is 11.5 Å². The molecule has 69 valence electrons. The normalized spacial score (nSPS) is 13.5. The van der Waals surface area contributed by atoms with E-state index in [9.17, 15) is 0 Å². The van der Waals surface area contributed by atoms with Crippen LogP contribution in [0.1, 0.15) is 0 Å². The summed E-state index contributed by atoms with van der Waals surface area (Å²) in [6.45, 7) is 0.